The molecular formula is C28H29NO6. The third-order valence-corrected chi connectivity index (χ3v) is 6.33. The van der Waals surface area contributed by atoms with Crippen LogP contribution in [-0.2, 0) is 11.2 Å². The van der Waals surface area contributed by atoms with Crippen LogP contribution in [0.15, 0.2) is 54.6 Å². The van der Waals surface area contributed by atoms with Crippen molar-refractivity contribution in [3.05, 3.63) is 82.4 Å². The van der Waals surface area contributed by atoms with E-state index >= 15 is 0 Å². The van der Waals surface area contributed by atoms with E-state index in [1.54, 1.807) is 46.5 Å². The number of fused-ring (bicyclic) bond motifs is 1. The molecule has 182 valence electrons. The average Bonchev–Trinajstić information content (AvgIpc) is 2.87. The van der Waals surface area contributed by atoms with Gasteiger partial charge in [-0.2, -0.15) is 0 Å². The number of methoxy groups -OCH3 is 3. The Bertz CT molecular complexity index is 1250. The van der Waals surface area contributed by atoms with Gasteiger partial charge in [0.25, 0.3) is 5.91 Å². The van der Waals surface area contributed by atoms with Gasteiger partial charge in [0.1, 0.15) is 11.5 Å². The molecule has 1 aliphatic heterocycles. The average molecular weight is 476 g/mol. The molecule has 0 saturated heterocycles. The van der Waals surface area contributed by atoms with Gasteiger partial charge in [-0.3, -0.25) is 9.59 Å². The molecule has 7 nitrogen and oxygen atoms in total. The predicted molar refractivity (Wildman–Crippen MR) is 132 cm³/mol. The molecule has 3 aromatic rings. The van der Waals surface area contributed by atoms with E-state index in [9.17, 15) is 9.59 Å². The van der Waals surface area contributed by atoms with Crippen LogP contribution in [0.25, 0.3) is 0 Å². The molecule has 0 radical (unpaired) electrons. The van der Waals surface area contributed by atoms with E-state index in [4.69, 9.17) is 18.9 Å². The van der Waals surface area contributed by atoms with Gasteiger partial charge in [-0.1, -0.05) is 18.2 Å². The summed E-state index contributed by atoms with van der Waals surface area (Å²) in [5.74, 6) is 1.81. The minimum atomic E-state index is -0.429. The Morgan fingerprint density at radius 2 is 1.57 bits per heavy atom. The fourth-order valence-electron chi connectivity index (χ4n) is 4.58. The number of hydrogen-bond donors (Lipinski definition) is 0. The summed E-state index contributed by atoms with van der Waals surface area (Å²) in [5, 5.41) is 0. The third-order valence-electron chi connectivity index (χ3n) is 6.33. The van der Waals surface area contributed by atoms with Crippen molar-refractivity contribution in [1.82, 2.24) is 4.90 Å². The Labute approximate surface area is 205 Å². The quantitative estimate of drug-likeness (QED) is 0.379. The second kappa shape index (κ2) is 10.1. The number of amides is 1. The maximum atomic E-state index is 14.0. The summed E-state index contributed by atoms with van der Waals surface area (Å²) in [6.45, 7) is 3.64. The fourth-order valence-corrected chi connectivity index (χ4v) is 4.58. The van der Waals surface area contributed by atoms with Gasteiger partial charge in [-0.15, -0.1) is 0 Å². The summed E-state index contributed by atoms with van der Waals surface area (Å²) in [7, 11) is 4.84. The SMILES string of the molecule is COc1ccc(C2c3cc(OC)c(OC)cc3CCN2C(=O)c2cccc(OC(C)=O)c2C)cc1. The molecule has 0 saturated carbocycles. The van der Waals surface area contributed by atoms with Crippen molar-refractivity contribution in [1.29, 1.82) is 0 Å². The topological polar surface area (TPSA) is 74.3 Å². The molecule has 1 amide bonds. The van der Waals surface area contributed by atoms with Crippen LogP contribution in [0.2, 0.25) is 0 Å². The highest BCUT2D eigenvalue weighted by Gasteiger charge is 2.34. The Morgan fingerprint density at radius 1 is 0.886 bits per heavy atom. The number of hydrogen-bond acceptors (Lipinski definition) is 6. The zero-order chi connectivity index (χ0) is 25.1. The van der Waals surface area contributed by atoms with Gasteiger partial charge >= 0.3 is 5.97 Å². The van der Waals surface area contributed by atoms with Crippen molar-refractivity contribution >= 4 is 11.9 Å². The molecule has 4 rings (SSSR count). The van der Waals surface area contributed by atoms with E-state index in [-0.39, 0.29) is 11.9 Å². The number of nitrogens with zero attached hydrogens (tertiary/aromatic N) is 1. The molecule has 3 aromatic carbocycles. The second-order valence-corrected chi connectivity index (χ2v) is 8.35. The van der Waals surface area contributed by atoms with Gasteiger partial charge < -0.3 is 23.8 Å². The third kappa shape index (κ3) is 4.67. The van der Waals surface area contributed by atoms with Crippen LogP contribution < -0.4 is 18.9 Å². The van der Waals surface area contributed by atoms with Gasteiger partial charge in [-0.05, 0) is 66.4 Å². The minimum Gasteiger partial charge on any atom is -0.497 e. The summed E-state index contributed by atoms with van der Waals surface area (Å²) in [5.41, 5.74) is 4.13. The molecule has 0 N–H and O–H groups in total. The molecule has 1 heterocycles. The van der Waals surface area contributed by atoms with E-state index in [0.717, 1.165) is 22.4 Å². The first-order valence-electron chi connectivity index (χ1n) is 11.4. The summed E-state index contributed by atoms with van der Waals surface area (Å²) >= 11 is 0. The first kappa shape index (κ1) is 24.1. The van der Waals surface area contributed by atoms with E-state index in [1.165, 1.54) is 6.92 Å². The van der Waals surface area contributed by atoms with Crippen molar-refractivity contribution in [3.8, 4) is 23.0 Å². The zero-order valence-electron chi connectivity index (χ0n) is 20.6. The summed E-state index contributed by atoms with van der Waals surface area (Å²) < 4.78 is 21.7. The molecule has 0 bridgehead atoms. The lowest BCUT2D eigenvalue weighted by molar-refractivity contribution is -0.131. The molecule has 0 fully saturated rings. The maximum absolute atomic E-state index is 14.0. The van der Waals surface area contributed by atoms with Crippen LogP contribution in [0.5, 0.6) is 23.0 Å². The Balaban J connectivity index is 1.83. The van der Waals surface area contributed by atoms with E-state index in [1.807, 2.05) is 41.3 Å². The summed E-state index contributed by atoms with van der Waals surface area (Å²) in [4.78, 5) is 27.4. The van der Waals surface area contributed by atoms with E-state index in [2.05, 4.69) is 0 Å². The number of benzene rings is 3. The lowest BCUT2D eigenvalue weighted by atomic mass is 9.87. The van der Waals surface area contributed by atoms with E-state index in [0.29, 0.717) is 41.3 Å². The standard InChI is InChI=1S/C28H29NO6/c1-17-22(7-6-8-24(17)35-18(2)30)28(31)29-14-13-20-15-25(33-4)26(34-5)16-23(20)27(29)19-9-11-21(32-3)12-10-19/h6-12,15-16,27H,13-14H2,1-5H3. The van der Waals surface area contributed by atoms with Gasteiger partial charge in [-0.25, -0.2) is 0 Å². The lowest BCUT2D eigenvalue weighted by Crippen LogP contribution is -2.41. The van der Waals surface area contributed by atoms with Crippen LogP contribution in [-0.4, -0.2) is 44.7 Å². The molecule has 1 atom stereocenters. The number of ether oxygens (including phenoxy) is 4. The highest BCUT2D eigenvalue weighted by molar-refractivity contribution is 5.97. The van der Waals surface area contributed by atoms with Crippen LogP contribution in [0.3, 0.4) is 0 Å². The van der Waals surface area contributed by atoms with Crippen molar-refractivity contribution in [2.24, 2.45) is 0 Å². The van der Waals surface area contributed by atoms with Gasteiger partial charge in [0, 0.05) is 24.6 Å². The van der Waals surface area contributed by atoms with Gasteiger partial charge in [0.2, 0.25) is 0 Å². The first-order valence-corrected chi connectivity index (χ1v) is 11.4. The Hall–Kier alpha value is -4.00. The van der Waals surface area contributed by atoms with Crippen LogP contribution in [0.4, 0.5) is 0 Å². The zero-order valence-corrected chi connectivity index (χ0v) is 20.6. The Kier molecular flexibility index (Phi) is 6.96. The number of carbonyl (C=O) groups excluding carboxylic acids is 2. The van der Waals surface area contributed by atoms with Crippen LogP contribution >= 0.6 is 0 Å². The highest BCUT2D eigenvalue weighted by atomic mass is 16.5. The largest absolute Gasteiger partial charge is 0.497 e. The molecule has 1 aliphatic rings. The molecule has 35 heavy (non-hydrogen) atoms. The van der Waals surface area contributed by atoms with Crippen LogP contribution in [0, 0.1) is 6.92 Å². The number of esters is 1. The fraction of sp³-hybridized carbons (Fsp3) is 0.286. The molecule has 1 unspecified atom stereocenters. The van der Waals surface area contributed by atoms with Gasteiger partial charge in [0.15, 0.2) is 11.5 Å². The normalized spacial score (nSPS) is 14.7. The minimum absolute atomic E-state index is 0.141. The lowest BCUT2D eigenvalue weighted by Gasteiger charge is -2.38. The summed E-state index contributed by atoms with van der Waals surface area (Å²) in [6.07, 6.45) is 0.663. The van der Waals surface area contributed by atoms with Crippen molar-refractivity contribution in [3.63, 3.8) is 0 Å². The summed E-state index contributed by atoms with van der Waals surface area (Å²) in [6, 6.07) is 16.5. The Morgan fingerprint density at radius 3 is 2.20 bits per heavy atom. The number of carbonyl (C=O) groups is 2. The van der Waals surface area contributed by atoms with Crippen LogP contribution in [0.1, 0.15) is 45.6 Å². The van der Waals surface area contributed by atoms with Gasteiger partial charge in [0.05, 0.1) is 27.4 Å². The molecule has 7 heteroatoms. The molecule has 0 aliphatic carbocycles. The maximum Gasteiger partial charge on any atom is 0.308 e. The van der Waals surface area contributed by atoms with E-state index < -0.39 is 5.97 Å². The van der Waals surface area contributed by atoms with Crippen molar-refractivity contribution < 1.29 is 28.5 Å². The van der Waals surface area contributed by atoms with Crippen molar-refractivity contribution in [2.75, 3.05) is 27.9 Å². The smallest absolute Gasteiger partial charge is 0.308 e. The number of rotatable bonds is 6. The highest BCUT2D eigenvalue weighted by Crippen LogP contribution is 2.42. The van der Waals surface area contributed by atoms with Crippen molar-refractivity contribution in [2.45, 2.75) is 26.3 Å². The molecular weight excluding hydrogens is 446 g/mol. The second-order valence-electron chi connectivity index (χ2n) is 8.35. The monoisotopic (exact) mass is 475 g/mol. The molecule has 0 aromatic heterocycles. The molecule has 0 spiro atoms. The first-order chi connectivity index (χ1) is 16.9. The predicted octanol–water partition coefficient (Wildman–Crippen LogP) is 4.73.